The smallest absolute Gasteiger partial charge is 0.285 e. The largest absolute Gasteiger partial charge is 0.352 e. The number of carbonyl (C=O) groups excluding carboxylic acids is 1. The number of hydrogen-bond acceptors (Lipinski definition) is 6. The lowest BCUT2D eigenvalue weighted by molar-refractivity contribution is -0.384. The first-order valence-electron chi connectivity index (χ1n) is 8.60. The molecule has 2 aromatic carbocycles. The Labute approximate surface area is 161 Å². The van der Waals surface area contributed by atoms with Crippen LogP contribution >= 0.6 is 0 Å². The number of nitro benzene ring substituents is 1. The number of piperazine rings is 1. The number of non-ortho nitro benzene ring substituents is 1. The number of fused-ring (bicyclic) bond motifs is 1. The summed E-state index contributed by atoms with van der Waals surface area (Å²) in [6, 6.07) is 12.3. The topological polar surface area (TPSA) is 113 Å². The van der Waals surface area contributed by atoms with Gasteiger partial charge in [0, 0.05) is 49.4 Å². The van der Waals surface area contributed by atoms with Gasteiger partial charge in [-0.3, -0.25) is 14.9 Å². The number of carbonyl (C=O) groups is 1. The van der Waals surface area contributed by atoms with Gasteiger partial charge in [-0.05, 0) is 18.2 Å². The van der Waals surface area contributed by atoms with E-state index in [2.05, 4.69) is 4.40 Å². The van der Waals surface area contributed by atoms with E-state index in [1.807, 2.05) is 4.90 Å². The molecule has 4 rings (SSSR count). The van der Waals surface area contributed by atoms with Gasteiger partial charge in [-0.2, -0.15) is 8.42 Å². The molecule has 2 aromatic rings. The zero-order valence-electron chi connectivity index (χ0n) is 14.7. The number of amides is 1. The van der Waals surface area contributed by atoms with Crippen LogP contribution in [0.5, 0.6) is 0 Å². The van der Waals surface area contributed by atoms with Crippen molar-refractivity contribution in [3.63, 3.8) is 0 Å². The number of nitro groups is 1. The predicted octanol–water partition coefficient (Wildman–Crippen LogP) is 1.50. The summed E-state index contributed by atoms with van der Waals surface area (Å²) in [6.45, 7) is 1.57. The Morgan fingerprint density at radius 3 is 2.46 bits per heavy atom. The van der Waals surface area contributed by atoms with Gasteiger partial charge < -0.3 is 9.80 Å². The second-order valence-electron chi connectivity index (χ2n) is 6.47. The third-order valence-electron chi connectivity index (χ3n) is 4.78. The van der Waals surface area contributed by atoms with Crippen LogP contribution < -0.4 is 0 Å². The molecule has 0 aromatic heterocycles. The minimum atomic E-state index is -3.69. The molecule has 0 saturated carbocycles. The SMILES string of the molecule is O=C(c1cccc([N+](=O)[O-])c1)N1CCN(C2=NS(=O)(=O)c3ccccc32)CC1. The fourth-order valence-electron chi connectivity index (χ4n) is 3.37. The van der Waals surface area contributed by atoms with Gasteiger partial charge in [-0.1, -0.05) is 18.2 Å². The zero-order chi connectivity index (χ0) is 19.9. The molecule has 0 spiro atoms. The van der Waals surface area contributed by atoms with Crippen LogP contribution in [-0.4, -0.2) is 61.1 Å². The molecule has 1 amide bonds. The van der Waals surface area contributed by atoms with Crippen LogP contribution in [0.2, 0.25) is 0 Å². The quantitative estimate of drug-likeness (QED) is 0.558. The van der Waals surface area contributed by atoms with E-state index < -0.39 is 14.9 Å². The highest BCUT2D eigenvalue weighted by Crippen LogP contribution is 2.28. The third-order valence-corrected chi connectivity index (χ3v) is 6.11. The molecule has 2 aliphatic heterocycles. The normalized spacial score (nSPS) is 17.8. The predicted molar refractivity (Wildman–Crippen MR) is 101 cm³/mol. The molecule has 0 atom stereocenters. The lowest BCUT2D eigenvalue weighted by Gasteiger charge is -2.35. The molecular weight excluding hydrogens is 384 g/mol. The van der Waals surface area contributed by atoms with E-state index >= 15 is 0 Å². The molecule has 0 N–H and O–H groups in total. The molecule has 1 fully saturated rings. The maximum atomic E-state index is 12.7. The first-order valence-corrected chi connectivity index (χ1v) is 10.0. The Kier molecular flexibility index (Phi) is 4.34. The molecule has 0 radical (unpaired) electrons. The van der Waals surface area contributed by atoms with Crippen LogP contribution in [0.25, 0.3) is 0 Å². The summed E-state index contributed by atoms with van der Waals surface area (Å²) >= 11 is 0. The Hall–Kier alpha value is -3.27. The summed E-state index contributed by atoms with van der Waals surface area (Å²) < 4.78 is 28.3. The van der Waals surface area contributed by atoms with Crippen LogP contribution in [0.1, 0.15) is 15.9 Å². The zero-order valence-corrected chi connectivity index (χ0v) is 15.5. The van der Waals surface area contributed by atoms with Crippen molar-refractivity contribution in [1.29, 1.82) is 0 Å². The van der Waals surface area contributed by atoms with Crippen molar-refractivity contribution in [2.24, 2.45) is 4.40 Å². The highest BCUT2D eigenvalue weighted by molar-refractivity contribution is 7.90. The maximum absolute atomic E-state index is 12.7. The van der Waals surface area contributed by atoms with Crippen LogP contribution in [0.4, 0.5) is 5.69 Å². The van der Waals surface area contributed by atoms with Gasteiger partial charge in [-0.15, -0.1) is 4.40 Å². The molecule has 144 valence electrons. The summed E-state index contributed by atoms with van der Waals surface area (Å²) in [7, 11) is -3.69. The third kappa shape index (κ3) is 3.11. The second kappa shape index (κ2) is 6.71. The Morgan fingerprint density at radius 1 is 1.04 bits per heavy atom. The van der Waals surface area contributed by atoms with E-state index in [-0.39, 0.29) is 22.1 Å². The number of hydrogen-bond donors (Lipinski definition) is 0. The molecule has 0 aliphatic carbocycles. The number of amidine groups is 1. The molecule has 9 nitrogen and oxygen atoms in total. The van der Waals surface area contributed by atoms with Crippen molar-refractivity contribution in [2.45, 2.75) is 4.90 Å². The Bertz CT molecular complexity index is 1100. The monoisotopic (exact) mass is 400 g/mol. The summed E-state index contributed by atoms with van der Waals surface area (Å²) in [5, 5.41) is 10.9. The van der Waals surface area contributed by atoms with Crippen molar-refractivity contribution in [3.8, 4) is 0 Å². The van der Waals surface area contributed by atoms with Crippen LogP contribution in [-0.2, 0) is 10.0 Å². The van der Waals surface area contributed by atoms with Gasteiger partial charge >= 0.3 is 0 Å². The highest BCUT2D eigenvalue weighted by Gasteiger charge is 2.33. The Morgan fingerprint density at radius 2 is 1.75 bits per heavy atom. The molecule has 10 heteroatoms. The van der Waals surface area contributed by atoms with Crippen molar-refractivity contribution in [2.75, 3.05) is 26.2 Å². The van der Waals surface area contributed by atoms with Crippen molar-refractivity contribution >= 4 is 27.5 Å². The van der Waals surface area contributed by atoms with E-state index in [0.717, 1.165) is 0 Å². The Balaban J connectivity index is 1.49. The molecule has 28 heavy (non-hydrogen) atoms. The van der Waals surface area contributed by atoms with Crippen molar-refractivity contribution in [1.82, 2.24) is 9.80 Å². The second-order valence-corrected chi connectivity index (χ2v) is 8.05. The minimum Gasteiger partial charge on any atom is -0.352 e. The molecule has 0 unspecified atom stereocenters. The van der Waals surface area contributed by atoms with Crippen molar-refractivity contribution in [3.05, 3.63) is 69.8 Å². The first-order chi connectivity index (χ1) is 13.4. The van der Waals surface area contributed by atoms with E-state index in [4.69, 9.17) is 0 Å². The highest BCUT2D eigenvalue weighted by atomic mass is 32.2. The van der Waals surface area contributed by atoms with Gasteiger partial charge in [0.1, 0.15) is 4.90 Å². The lowest BCUT2D eigenvalue weighted by Crippen LogP contribution is -2.50. The van der Waals surface area contributed by atoms with Gasteiger partial charge in [0.05, 0.1) is 4.92 Å². The molecular formula is C18H16N4O5S. The summed E-state index contributed by atoms with van der Waals surface area (Å²) in [4.78, 5) is 26.7. The van der Waals surface area contributed by atoms with Gasteiger partial charge in [0.25, 0.3) is 21.6 Å². The van der Waals surface area contributed by atoms with Crippen LogP contribution in [0, 0.1) is 10.1 Å². The van der Waals surface area contributed by atoms with E-state index in [0.29, 0.717) is 37.6 Å². The first kappa shape index (κ1) is 18.1. The number of sulfonamides is 1. The van der Waals surface area contributed by atoms with Gasteiger partial charge in [-0.25, -0.2) is 0 Å². The van der Waals surface area contributed by atoms with E-state index in [9.17, 15) is 23.3 Å². The average molecular weight is 400 g/mol. The molecule has 2 aliphatic rings. The van der Waals surface area contributed by atoms with Gasteiger partial charge in [0.2, 0.25) is 0 Å². The van der Waals surface area contributed by atoms with Crippen molar-refractivity contribution < 1.29 is 18.1 Å². The lowest BCUT2D eigenvalue weighted by atomic mass is 10.1. The average Bonchev–Trinajstić information content (AvgIpc) is 2.99. The fraction of sp³-hybridized carbons (Fsp3) is 0.222. The van der Waals surface area contributed by atoms with E-state index in [1.54, 1.807) is 29.2 Å². The van der Waals surface area contributed by atoms with Gasteiger partial charge in [0.15, 0.2) is 5.84 Å². The van der Waals surface area contributed by atoms with Crippen LogP contribution in [0.15, 0.2) is 57.8 Å². The number of rotatable bonds is 2. The van der Waals surface area contributed by atoms with Crippen LogP contribution in [0.3, 0.4) is 0 Å². The van der Waals surface area contributed by atoms with E-state index in [1.165, 1.54) is 24.3 Å². The summed E-state index contributed by atoms with van der Waals surface area (Å²) in [6.07, 6.45) is 0. The number of nitrogens with zero attached hydrogens (tertiary/aromatic N) is 4. The minimum absolute atomic E-state index is 0.133. The maximum Gasteiger partial charge on any atom is 0.285 e. The number of benzene rings is 2. The molecule has 1 saturated heterocycles. The standard InChI is InChI=1S/C18H16N4O5S/c23-18(13-4-3-5-14(12-13)22(24)25)21-10-8-20(9-11-21)17-15-6-1-2-7-16(15)28(26,27)19-17/h1-7,12H,8-11H2. The summed E-state index contributed by atoms with van der Waals surface area (Å²) in [5.41, 5.74) is 0.696. The molecule has 0 bridgehead atoms. The fourth-order valence-corrected chi connectivity index (χ4v) is 4.60. The molecule has 2 heterocycles. The summed E-state index contributed by atoms with van der Waals surface area (Å²) in [5.74, 6) is 0.114.